The molecule has 0 aliphatic rings. The van der Waals surface area contributed by atoms with Crippen molar-refractivity contribution >= 4 is 33.4 Å². The Morgan fingerprint density at radius 2 is 1.48 bits per heavy atom. The number of rotatable bonds is 11. The third kappa shape index (κ3) is 7.37. The molecule has 7 heteroatoms. The topological polar surface area (TPSA) is 66.5 Å². The van der Waals surface area contributed by atoms with E-state index in [1.54, 1.807) is 48.5 Å². The molecule has 0 atom stereocenters. The summed E-state index contributed by atoms with van der Waals surface area (Å²) in [5.41, 5.74) is 3.97. The van der Waals surface area contributed by atoms with E-state index in [0.717, 1.165) is 23.5 Å². The number of anilines is 1. The third-order valence-corrected chi connectivity index (χ3v) is 8.02. The molecule has 33 heavy (non-hydrogen) atoms. The Morgan fingerprint density at radius 1 is 0.879 bits per heavy atom. The lowest BCUT2D eigenvalue weighted by atomic mass is 10.2. The van der Waals surface area contributed by atoms with Gasteiger partial charge in [0.15, 0.2) is 0 Å². The highest BCUT2D eigenvalue weighted by molar-refractivity contribution is 7.98. The van der Waals surface area contributed by atoms with Crippen LogP contribution in [0, 0.1) is 13.8 Å². The highest BCUT2D eigenvalue weighted by atomic mass is 32.2. The Hall–Kier alpha value is -2.77. The first-order chi connectivity index (χ1) is 15.9. The van der Waals surface area contributed by atoms with E-state index in [0.29, 0.717) is 12.2 Å². The van der Waals surface area contributed by atoms with Crippen molar-refractivity contribution in [1.82, 2.24) is 5.32 Å². The van der Waals surface area contributed by atoms with Gasteiger partial charge in [-0.3, -0.25) is 9.10 Å². The van der Waals surface area contributed by atoms with Crippen LogP contribution in [0.3, 0.4) is 0 Å². The van der Waals surface area contributed by atoms with Crippen LogP contribution >= 0.6 is 11.8 Å². The van der Waals surface area contributed by atoms with E-state index in [2.05, 4.69) is 36.5 Å². The van der Waals surface area contributed by atoms with Crippen molar-refractivity contribution in [2.45, 2.75) is 30.9 Å². The summed E-state index contributed by atoms with van der Waals surface area (Å²) >= 11 is 1.82. The maximum absolute atomic E-state index is 13.3. The number of carbonyl (C=O) groups is 1. The number of benzene rings is 3. The summed E-state index contributed by atoms with van der Waals surface area (Å²) in [5.74, 6) is 1.53. The number of nitrogens with zero attached hydrogens (tertiary/aromatic N) is 1. The lowest BCUT2D eigenvalue weighted by molar-refractivity contribution is -0.119. The van der Waals surface area contributed by atoms with Gasteiger partial charge in [-0.15, -0.1) is 0 Å². The summed E-state index contributed by atoms with van der Waals surface area (Å²) in [5, 5.41) is 2.86. The molecule has 3 rings (SSSR count). The summed E-state index contributed by atoms with van der Waals surface area (Å²) in [6, 6.07) is 23.9. The van der Waals surface area contributed by atoms with Crippen molar-refractivity contribution in [2.24, 2.45) is 0 Å². The van der Waals surface area contributed by atoms with Crippen molar-refractivity contribution in [1.29, 1.82) is 0 Å². The van der Waals surface area contributed by atoms with Crippen molar-refractivity contribution in [3.8, 4) is 0 Å². The maximum atomic E-state index is 13.3. The largest absolute Gasteiger partial charge is 0.354 e. The number of hydrogen-bond acceptors (Lipinski definition) is 4. The standard InChI is InChI=1S/C26H30N2O3S2/c1-21-9-13-23(14-10-21)20-32-18-6-17-27-26(29)19-28(24-7-4-3-5-8-24)33(30,31)25-15-11-22(2)12-16-25/h3-5,7-16H,6,17-20H2,1-2H3,(H,27,29). The van der Waals surface area contributed by atoms with Gasteiger partial charge in [-0.2, -0.15) is 11.8 Å². The molecule has 5 nitrogen and oxygen atoms in total. The normalized spacial score (nSPS) is 11.2. The van der Waals surface area contributed by atoms with Gasteiger partial charge in [0.05, 0.1) is 10.6 Å². The van der Waals surface area contributed by atoms with Crippen LogP contribution in [0.5, 0.6) is 0 Å². The molecule has 0 heterocycles. The summed E-state index contributed by atoms with van der Waals surface area (Å²) in [4.78, 5) is 12.8. The Labute approximate surface area is 201 Å². The smallest absolute Gasteiger partial charge is 0.264 e. The van der Waals surface area contributed by atoms with Crippen LogP contribution in [-0.2, 0) is 20.6 Å². The number of aryl methyl sites for hydroxylation is 2. The number of para-hydroxylation sites is 1. The molecule has 0 radical (unpaired) electrons. The van der Waals surface area contributed by atoms with E-state index < -0.39 is 10.0 Å². The lowest BCUT2D eigenvalue weighted by Crippen LogP contribution is -2.41. The van der Waals surface area contributed by atoms with E-state index in [1.807, 2.05) is 24.8 Å². The molecule has 0 unspecified atom stereocenters. The predicted molar refractivity (Wildman–Crippen MR) is 137 cm³/mol. The first kappa shape index (κ1) is 24.9. The van der Waals surface area contributed by atoms with Crippen LogP contribution in [0.4, 0.5) is 5.69 Å². The first-order valence-electron chi connectivity index (χ1n) is 10.9. The molecule has 0 saturated heterocycles. The Balaban J connectivity index is 1.54. The summed E-state index contributed by atoms with van der Waals surface area (Å²) in [6.45, 7) is 4.21. The average molecular weight is 483 g/mol. The fourth-order valence-electron chi connectivity index (χ4n) is 3.21. The molecule has 0 fully saturated rings. The minimum absolute atomic E-state index is 0.164. The molecule has 0 bridgehead atoms. The van der Waals surface area contributed by atoms with Gasteiger partial charge in [-0.05, 0) is 55.9 Å². The van der Waals surface area contributed by atoms with Crippen molar-refractivity contribution in [3.05, 3.63) is 95.6 Å². The van der Waals surface area contributed by atoms with Crippen molar-refractivity contribution in [3.63, 3.8) is 0 Å². The number of carbonyl (C=O) groups excluding carboxylic acids is 1. The molecule has 0 spiro atoms. The first-order valence-corrected chi connectivity index (χ1v) is 13.5. The maximum Gasteiger partial charge on any atom is 0.264 e. The monoisotopic (exact) mass is 482 g/mol. The minimum atomic E-state index is -3.87. The van der Waals surface area contributed by atoms with E-state index >= 15 is 0 Å². The molecule has 0 aliphatic carbocycles. The molecule has 3 aromatic carbocycles. The van der Waals surface area contributed by atoms with Crippen molar-refractivity contribution in [2.75, 3.05) is 23.1 Å². The predicted octanol–water partition coefficient (Wildman–Crippen LogP) is 4.94. The zero-order valence-corrected chi connectivity index (χ0v) is 20.7. The zero-order valence-electron chi connectivity index (χ0n) is 19.0. The molecule has 0 saturated carbocycles. The molecule has 3 aromatic rings. The molecular formula is C26H30N2O3S2. The van der Waals surface area contributed by atoms with Crippen LogP contribution in [0.2, 0.25) is 0 Å². The van der Waals surface area contributed by atoms with Crippen LogP contribution < -0.4 is 9.62 Å². The number of thioether (sulfide) groups is 1. The third-order valence-electron chi connectivity index (χ3n) is 5.12. The average Bonchev–Trinajstić information content (AvgIpc) is 2.81. The second-order valence-corrected chi connectivity index (χ2v) is 10.9. The van der Waals surface area contributed by atoms with E-state index in [1.165, 1.54) is 15.4 Å². The van der Waals surface area contributed by atoms with Gasteiger partial charge >= 0.3 is 0 Å². The highest BCUT2D eigenvalue weighted by Gasteiger charge is 2.26. The minimum Gasteiger partial charge on any atom is -0.354 e. The van der Waals surface area contributed by atoms with Gasteiger partial charge in [0.25, 0.3) is 10.0 Å². The molecule has 174 valence electrons. The molecule has 0 aliphatic heterocycles. The molecular weight excluding hydrogens is 452 g/mol. The van der Waals surface area contributed by atoms with Gasteiger partial charge in [0, 0.05) is 12.3 Å². The van der Waals surface area contributed by atoms with Gasteiger partial charge in [0.2, 0.25) is 5.91 Å². The molecule has 1 amide bonds. The van der Waals surface area contributed by atoms with Gasteiger partial charge in [-0.1, -0.05) is 65.7 Å². The van der Waals surface area contributed by atoms with Gasteiger partial charge < -0.3 is 5.32 Å². The Kier molecular flexibility index (Phi) is 8.97. The molecule has 0 aromatic heterocycles. The number of amides is 1. The van der Waals surface area contributed by atoms with E-state index in [4.69, 9.17) is 0 Å². The van der Waals surface area contributed by atoms with Crippen molar-refractivity contribution < 1.29 is 13.2 Å². The fourth-order valence-corrected chi connectivity index (χ4v) is 5.55. The quantitative estimate of drug-likeness (QED) is 0.393. The number of sulfonamides is 1. The number of nitrogens with one attached hydrogen (secondary N) is 1. The SMILES string of the molecule is Cc1ccc(CSCCCNC(=O)CN(c2ccccc2)S(=O)(=O)c2ccc(C)cc2)cc1. The Bertz CT molecular complexity index is 1130. The van der Waals surface area contributed by atoms with Crippen LogP contribution in [0.1, 0.15) is 23.1 Å². The van der Waals surface area contributed by atoms with Crippen LogP contribution in [0.25, 0.3) is 0 Å². The van der Waals surface area contributed by atoms with E-state index in [9.17, 15) is 13.2 Å². The summed E-state index contributed by atoms with van der Waals surface area (Å²) in [7, 11) is -3.87. The summed E-state index contributed by atoms with van der Waals surface area (Å²) in [6.07, 6.45) is 0.818. The second-order valence-electron chi connectivity index (χ2n) is 7.90. The van der Waals surface area contributed by atoms with Crippen LogP contribution in [-0.4, -0.2) is 33.2 Å². The van der Waals surface area contributed by atoms with Gasteiger partial charge in [-0.25, -0.2) is 8.42 Å². The summed E-state index contributed by atoms with van der Waals surface area (Å²) < 4.78 is 27.8. The van der Waals surface area contributed by atoms with E-state index in [-0.39, 0.29) is 17.3 Å². The fraction of sp³-hybridized carbons (Fsp3) is 0.269. The lowest BCUT2D eigenvalue weighted by Gasteiger charge is -2.24. The zero-order chi connectivity index (χ0) is 23.7. The highest BCUT2D eigenvalue weighted by Crippen LogP contribution is 2.23. The Morgan fingerprint density at radius 3 is 2.12 bits per heavy atom. The molecule has 1 N–H and O–H groups in total. The van der Waals surface area contributed by atoms with Crippen LogP contribution in [0.15, 0.2) is 83.8 Å². The second kappa shape index (κ2) is 11.9. The van der Waals surface area contributed by atoms with Gasteiger partial charge in [0.1, 0.15) is 6.54 Å². The number of hydrogen-bond donors (Lipinski definition) is 1.